The van der Waals surface area contributed by atoms with Gasteiger partial charge < -0.3 is 4.90 Å². The number of fused-ring (bicyclic) bond motifs is 2. The van der Waals surface area contributed by atoms with E-state index < -0.39 is 0 Å². The Morgan fingerprint density at radius 2 is 1.29 bits per heavy atom. The summed E-state index contributed by atoms with van der Waals surface area (Å²) in [6.07, 6.45) is 4.58. The van der Waals surface area contributed by atoms with E-state index in [0.29, 0.717) is 5.92 Å². The fourth-order valence-corrected chi connectivity index (χ4v) is 4.51. The molecule has 1 aliphatic heterocycles. The van der Waals surface area contributed by atoms with Crippen LogP contribution < -0.4 is 0 Å². The monoisotopic (exact) mass is 367 g/mol. The lowest BCUT2D eigenvalue weighted by Gasteiger charge is -2.33. The third kappa shape index (κ3) is 2.86. The molecule has 1 atom stereocenters. The van der Waals surface area contributed by atoms with Crippen molar-refractivity contribution in [3.05, 3.63) is 95.4 Å². The second-order valence-corrected chi connectivity index (χ2v) is 8.27. The molecule has 1 unspecified atom stereocenters. The lowest BCUT2D eigenvalue weighted by Crippen LogP contribution is -2.23. The van der Waals surface area contributed by atoms with Crippen molar-refractivity contribution in [1.29, 1.82) is 0 Å². The van der Waals surface area contributed by atoms with Gasteiger partial charge in [0.2, 0.25) is 0 Å². The van der Waals surface area contributed by atoms with Crippen molar-refractivity contribution < 1.29 is 0 Å². The van der Waals surface area contributed by atoms with Crippen LogP contribution in [0.1, 0.15) is 37.8 Å². The van der Waals surface area contributed by atoms with E-state index in [-0.39, 0.29) is 5.92 Å². The second kappa shape index (κ2) is 6.98. The van der Waals surface area contributed by atoms with Crippen LogP contribution in [0.25, 0.3) is 21.5 Å². The van der Waals surface area contributed by atoms with Crippen molar-refractivity contribution >= 4 is 21.5 Å². The highest BCUT2D eigenvalue weighted by molar-refractivity contribution is 6.06. The van der Waals surface area contributed by atoms with E-state index in [1.165, 1.54) is 43.9 Å². The smallest absolute Gasteiger partial charge is 0.0335 e. The highest BCUT2D eigenvalue weighted by Gasteiger charge is 2.25. The van der Waals surface area contributed by atoms with Crippen LogP contribution in [0.2, 0.25) is 0 Å². The lowest BCUT2D eigenvalue weighted by molar-refractivity contribution is 0.486. The van der Waals surface area contributed by atoms with Crippen LogP contribution in [0.15, 0.2) is 84.2 Å². The second-order valence-electron chi connectivity index (χ2n) is 8.27. The number of hydrogen-bond donors (Lipinski definition) is 0. The molecule has 3 aromatic carbocycles. The van der Waals surface area contributed by atoms with Crippen molar-refractivity contribution in [1.82, 2.24) is 4.90 Å². The topological polar surface area (TPSA) is 3.24 Å². The van der Waals surface area contributed by atoms with E-state index in [9.17, 15) is 0 Å². The zero-order valence-electron chi connectivity index (χ0n) is 17.6. The number of likely N-dealkylation sites (N-methyl/N-ethyl adjacent to an activating group) is 1. The van der Waals surface area contributed by atoms with Crippen LogP contribution in [-0.2, 0) is 0 Å². The molecular formula is C27H29N. The van der Waals surface area contributed by atoms with Gasteiger partial charge in [0.1, 0.15) is 0 Å². The first kappa shape index (κ1) is 18.6. The maximum absolute atomic E-state index is 4.30. The van der Waals surface area contributed by atoms with Crippen molar-refractivity contribution in [2.24, 2.45) is 5.92 Å². The molecule has 1 aliphatic rings. The number of benzene rings is 3. The van der Waals surface area contributed by atoms with Crippen molar-refractivity contribution in [3.63, 3.8) is 0 Å². The summed E-state index contributed by atoms with van der Waals surface area (Å²) in [6.45, 7) is 13.4. The Bertz CT molecular complexity index is 1090. The fourth-order valence-electron chi connectivity index (χ4n) is 4.51. The summed E-state index contributed by atoms with van der Waals surface area (Å²) in [7, 11) is 2.14. The summed E-state index contributed by atoms with van der Waals surface area (Å²) in [5.41, 5.74) is 6.50. The molecule has 0 radical (unpaired) electrons. The quantitative estimate of drug-likeness (QED) is 0.438. The molecular weight excluding hydrogens is 338 g/mol. The highest BCUT2D eigenvalue weighted by Crippen LogP contribution is 2.41. The van der Waals surface area contributed by atoms with E-state index >= 15 is 0 Å². The van der Waals surface area contributed by atoms with Gasteiger partial charge in [-0.3, -0.25) is 0 Å². The summed E-state index contributed by atoms with van der Waals surface area (Å²) in [5.74, 6) is 0.749. The highest BCUT2D eigenvalue weighted by atomic mass is 15.1. The molecule has 28 heavy (non-hydrogen) atoms. The zero-order chi connectivity index (χ0) is 20.0. The molecule has 3 aromatic rings. The minimum atomic E-state index is 0.264. The molecule has 4 rings (SSSR count). The molecule has 0 aromatic heterocycles. The molecule has 1 nitrogen and oxygen atoms in total. The average molecular weight is 368 g/mol. The number of nitrogens with zero attached hydrogens (tertiary/aromatic N) is 1. The Kier molecular flexibility index (Phi) is 4.63. The van der Waals surface area contributed by atoms with Crippen LogP contribution in [0.4, 0.5) is 0 Å². The normalized spacial score (nSPS) is 15.9. The lowest BCUT2D eigenvalue weighted by atomic mass is 9.83. The molecule has 1 heteroatoms. The third-order valence-corrected chi connectivity index (χ3v) is 6.25. The van der Waals surface area contributed by atoms with Crippen LogP contribution in [0, 0.1) is 12.8 Å². The number of allylic oxidation sites excluding steroid dienone is 4. The molecule has 0 saturated carbocycles. The first-order chi connectivity index (χ1) is 13.4. The summed E-state index contributed by atoms with van der Waals surface area (Å²) >= 11 is 0. The van der Waals surface area contributed by atoms with Gasteiger partial charge in [0.15, 0.2) is 0 Å². The standard InChI is InChI=1S/C27H29N/c1-17(2)21-15-18(3)28(6)26(16-21)20(5)27-24-13-9-7-11-22(24)19(4)23-12-8-10-14-25(23)27/h7-17,20H,3H2,1-2,4-6H3. The van der Waals surface area contributed by atoms with E-state index in [1.807, 2.05) is 0 Å². The molecule has 0 bridgehead atoms. The van der Waals surface area contributed by atoms with Crippen molar-refractivity contribution in [3.8, 4) is 0 Å². The van der Waals surface area contributed by atoms with Gasteiger partial charge in [-0.05, 0) is 63.2 Å². The molecule has 142 valence electrons. The molecule has 1 heterocycles. The van der Waals surface area contributed by atoms with Gasteiger partial charge in [-0.1, -0.05) is 75.9 Å². The Hall–Kier alpha value is -2.80. The number of rotatable bonds is 3. The summed E-state index contributed by atoms with van der Waals surface area (Å²) in [5, 5.41) is 5.40. The first-order valence-corrected chi connectivity index (χ1v) is 10.2. The summed E-state index contributed by atoms with van der Waals surface area (Å²) < 4.78 is 0. The van der Waals surface area contributed by atoms with Crippen LogP contribution in [-0.4, -0.2) is 11.9 Å². The maximum atomic E-state index is 4.30. The largest absolute Gasteiger partial charge is 0.348 e. The molecule has 0 fully saturated rings. The van der Waals surface area contributed by atoms with E-state index in [0.717, 1.165) is 5.70 Å². The molecule has 0 spiro atoms. The van der Waals surface area contributed by atoms with Gasteiger partial charge in [0.25, 0.3) is 0 Å². The van der Waals surface area contributed by atoms with Crippen LogP contribution in [0.5, 0.6) is 0 Å². The van der Waals surface area contributed by atoms with E-state index in [4.69, 9.17) is 0 Å². The number of aryl methyl sites for hydroxylation is 1. The maximum Gasteiger partial charge on any atom is 0.0335 e. The van der Waals surface area contributed by atoms with E-state index in [2.05, 4.69) is 107 Å². The first-order valence-electron chi connectivity index (χ1n) is 10.2. The molecule has 0 saturated heterocycles. The number of hydrogen-bond acceptors (Lipinski definition) is 1. The van der Waals surface area contributed by atoms with Crippen LogP contribution in [0.3, 0.4) is 0 Å². The SMILES string of the molecule is C=C1C=C(C(C)C)C=C(C(C)c2c3ccccc3c(C)c3ccccc23)N1C. The minimum Gasteiger partial charge on any atom is -0.348 e. The minimum absolute atomic E-state index is 0.264. The van der Waals surface area contributed by atoms with Crippen molar-refractivity contribution in [2.45, 2.75) is 33.6 Å². The molecule has 0 amide bonds. The Morgan fingerprint density at radius 3 is 1.79 bits per heavy atom. The predicted octanol–water partition coefficient (Wildman–Crippen LogP) is 7.33. The van der Waals surface area contributed by atoms with Crippen molar-refractivity contribution in [2.75, 3.05) is 7.05 Å². The Labute approximate surface area is 168 Å². The van der Waals surface area contributed by atoms with Gasteiger partial charge in [0, 0.05) is 24.4 Å². The van der Waals surface area contributed by atoms with E-state index in [1.54, 1.807) is 0 Å². The Balaban J connectivity index is 2.01. The molecule has 0 aliphatic carbocycles. The Morgan fingerprint density at radius 1 is 0.786 bits per heavy atom. The fraction of sp³-hybridized carbons (Fsp3) is 0.259. The van der Waals surface area contributed by atoms with Gasteiger partial charge >= 0.3 is 0 Å². The van der Waals surface area contributed by atoms with Gasteiger partial charge in [-0.15, -0.1) is 0 Å². The summed E-state index contributed by atoms with van der Waals surface area (Å²) in [6, 6.07) is 17.7. The van der Waals surface area contributed by atoms with Gasteiger partial charge in [-0.2, -0.15) is 0 Å². The average Bonchev–Trinajstić information content (AvgIpc) is 2.70. The zero-order valence-corrected chi connectivity index (χ0v) is 17.6. The molecule has 0 N–H and O–H groups in total. The predicted molar refractivity (Wildman–Crippen MR) is 123 cm³/mol. The van der Waals surface area contributed by atoms with Crippen LogP contribution >= 0.6 is 0 Å². The third-order valence-electron chi connectivity index (χ3n) is 6.25. The summed E-state index contributed by atoms with van der Waals surface area (Å²) in [4.78, 5) is 2.25. The van der Waals surface area contributed by atoms with Gasteiger partial charge in [-0.25, -0.2) is 0 Å². The van der Waals surface area contributed by atoms with Gasteiger partial charge in [0.05, 0.1) is 0 Å².